The van der Waals surface area contributed by atoms with Crippen molar-refractivity contribution < 1.29 is 9.90 Å². The lowest BCUT2D eigenvalue weighted by Crippen LogP contribution is -2.38. The summed E-state index contributed by atoms with van der Waals surface area (Å²) in [4.78, 5) is 12.2. The number of carbonyl (C=O) groups excluding carboxylic acids is 1. The number of aromatic amines is 1. The molecule has 0 saturated heterocycles. The summed E-state index contributed by atoms with van der Waals surface area (Å²) in [5.41, 5.74) is 2.01. The van der Waals surface area contributed by atoms with Crippen LogP contribution < -0.4 is 5.32 Å². The van der Waals surface area contributed by atoms with Crippen molar-refractivity contribution in [1.29, 1.82) is 0 Å². The summed E-state index contributed by atoms with van der Waals surface area (Å²) in [6.07, 6.45) is 6.21. The van der Waals surface area contributed by atoms with Gasteiger partial charge in [0.05, 0.1) is 12.7 Å². The maximum absolute atomic E-state index is 12.2. The zero-order valence-corrected chi connectivity index (χ0v) is 12.2. The van der Waals surface area contributed by atoms with Crippen molar-refractivity contribution in [1.82, 2.24) is 25.3 Å². The minimum atomic E-state index is -1.16. The van der Waals surface area contributed by atoms with Gasteiger partial charge in [0.15, 0.2) is 5.69 Å². The summed E-state index contributed by atoms with van der Waals surface area (Å²) < 4.78 is 1.62. The number of carbonyl (C=O) groups is 1. The van der Waals surface area contributed by atoms with Crippen LogP contribution in [0.5, 0.6) is 0 Å². The molecule has 112 valence electrons. The van der Waals surface area contributed by atoms with Crippen molar-refractivity contribution in [3.8, 4) is 0 Å². The summed E-state index contributed by atoms with van der Waals surface area (Å²) in [6.45, 7) is 1.76. The minimum Gasteiger partial charge on any atom is -0.383 e. The third-order valence-corrected chi connectivity index (χ3v) is 3.94. The Labute approximate surface area is 122 Å². The maximum Gasteiger partial charge on any atom is 0.272 e. The second kappa shape index (κ2) is 5.00. The molecule has 1 amide bonds. The molecule has 1 atom stereocenters. The fourth-order valence-electron chi connectivity index (χ4n) is 2.64. The molecular formula is C14H19N5O2. The van der Waals surface area contributed by atoms with Gasteiger partial charge in [0.2, 0.25) is 0 Å². The Morgan fingerprint density at radius 2 is 2.38 bits per heavy atom. The SMILES string of the molecule is Cn1cc(C(C)(O)CNC(=O)c2n[nH]c3c2CCC3)cn1. The zero-order valence-electron chi connectivity index (χ0n) is 12.2. The molecule has 2 aromatic heterocycles. The molecule has 0 fully saturated rings. The highest BCUT2D eigenvalue weighted by Crippen LogP contribution is 2.23. The van der Waals surface area contributed by atoms with Crippen LogP contribution in [0, 0.1) is 0 Å². The number of nitrogens with zero attached hydrogens (tertiary/aromatic N) is 3. The number of amides is 1. The lowest BCUT2D eigenvalue weighted by atomic mass is 9.99. The van der Waals surface area contributed by atoms with Gasteiger partial charge in [-0.2, -0.15) is 10.2 Å². The third-order valence-electron chi connectivity index (χ3n) is 3.94. The number of aliphatic hydroxyl groups is 1. The van der Waals surface area contributed by atoms with Gasteiger partial charge in [0, 0.05) is 30.1 Å². The van der Waals surface area contributed by atoms with Crippen LogP contribution in [0.4, 0.5) is 0 Å². The summed E-state index contributed by atoms with van der Waals surface area (Å²) in [5, 5.41) is 24.2. The van der Waals surface area contributed by atoms with Crippen LogP contribution in [-0.2, 0) is 25.5 Å². The Balaban J connectivity index is 1.68. The summed E-state index contributed by atoms with van der Waals surface area (Å²) in [7, 11) is 1.78. The van der Waals surface area contributed by atoms with Gasteiger partial charge < -0.3 is 10.4 Å². The molecule has 1 aliphatic carbocycles. The van der Waals surface area contributed by atoms with E-state index in [1.54, 1.807) is 31.0 Å². The fraction of sp³-hybridized carbons (Fsp3) is 0.500. The van der Waals surface area contributed by atoms with Crippen LogP contribution in [0.2, 0.25) is 0 Å². The Kier molecular flexibility index (Phi) is 3.29. The first kappa shape index (κ1) is 13.8. The first-order valence-electron chi connectivity index (χ1n) is 7.03. The molecule has 7 heteroatoms. The number of H-pyrrole nitrogens is 1. The van der Waals surface area contributed by atoms with E-state index < -0.39 is 5.60 Å². The molecule has 0 bridgehead atoms. The van der Waals surface area contributed by atoms with E-state index in [1.165, 1.54) is 0 Å². The molecule has 0 radical (unpaired) electrons. The largest absolute Gasteiger partial charge is 0.383 e. The summed E-state index contributed by atoms with van der Waals surface area (Å²) in [5.74, 6) is -0.251. The normalized spacial score (nSPS) is 16.5. The average molecular weight is 289 g/mol. The van der Waals surface area contributed by atoms with Crippen LogP contribution in [0.3, 0.4) is 0 Å². The van der Waals surface area contributed by atoms with E-state index in [1.807, 2.05) is 0 Å². The molecule has 0 aromatic carbocycles. The van der Waals surface area contributed by atoms with Gasteiger partial charge in [-0.3, -0.25) is 14.6 Å². The van der Waals surface area contributed by atoms with Crippen LogP contribution in [0.1, 0.15) is 40.7 Å². The molecule has 3 rings (SSSR count). The van der Waals surface area contributed by atoms with Gasteiger partial charge in [-0.15, -0.1) is 0 Å². The molecule has 0 spiro atoms. The molecule has 1 aliphatic rings. The van der Waals surface area contributed by atoms with E-state index in [-0.39, 0.29) is 12.5 Å². The van der Waals surface area contributed by atoms with Crippen LogP contribution in [-0.4, -0.2) is 37.5 Å². The molecule has 0 saturated carbocycles. The number of fused-ring (bicyclic) bond motifs is 1. The van der Waals surface area contributed by atoms with Crippen molar-refractivity contribution >= 4 is 5.91 Å². The number of aromatic nitrogens is 4. The van der Waals surface area contributed by atoms with E-state index in [2.05, 4.69) is 20.6 Å². The van der Waals surface area contributed by atoms with Gasteiger partial charge in [-0.25, -0.2) is 0 Å². The lowest BCUT2D eigenvalue weighted by molar-refractivity contribution is 0.0524. The standard InChI is InChI=1S/C14H19N5O2/c1-14(21,9-6-16-19(2)7-9)8-15-13(20)12-10-4-3-5-11(10)17-18-12/h6-7,21H,3-5,8H2,1-2H3,(H,15,20)(H,17,18). The average Bonchev–Trinajstić information content (AvgIpc) is 3.11. The van der Waals surface area contributed by atoms with Gasteiger partial charge >= 0.3 is 0 Å². The number of hydrogen-bond donors (Lipinski definition) is 3. The molecular weight excluding hydrogens is 270 g/mol. The van der Waals surface area contributed by atoms with Gasteiger partial charge in [0.25, 0.3) is 5.91 Å². The molecule has 1 unspecified atom stereocenters. The topological polar surface area (TPSA) is 95.8 Å². The molecule has 0 aliphatic heterocycles. The quantitative estimate of drug-likeness (QED) is 0.753. The number of hydrogen-bond acceptors (Lipinski definition) is 4. The maximum atomic E-state index is 12.2. The van der Waals surface area contributed by atoms with Crippen molar-refractivity contribution in [3.63, 3.8) is 0 Å². The second-order valence-corrected chi connectivity index (χ2v) is 5.74. The Morgan fingerprint density at radius 3 is 3.10 bits per heavy atom. The van der Waals surface area contributed by atoms with E-state index in [4.69, 9.17) is 0 Å². The summed E-state index contributed by atoms with van der Waals surface area (Å²) in [6, 6.07) is 0. The van der Waals surface area contributed by atoms with E-state index in [9.17, 15) is 9.90 Å². The smallest absolute Gasteiger partial charge is 0.272 e. The van der Waals surface area contributed by atoms with Crippen molar-refractivity contribution in [2.45, 2.75) is 31.8 Å². The van der Waals surface area contributed by atoms with E-state index in [0.29, 0.717) is 11.3 Å². The number of aryl methyl sites for hydroxylation is 2. The molecule has 2 aromatic rings. The first-order valence-corrected chi connectivity index (χ1v) is 7.03. The van der Waals surface area contributed by atoms with E-state index >= 15 is 0 Å². The van der Waals surface area contributed by atoms with E-state index in [0.717, 1.165) is 30.5 Å². The zero-order chi connectivity index (χ0) is 15.0. The number of rotatable bonds is 4. The highest BCUT2D eigenvalue weighted by atomic mass is 16.3. The Hall–Kier alpha value is -2.15. The first-order chi connectivity index (χ1) is 9.97. The molecule has 21 heavy (non-hydrogen) atoms. The lowest BCUT2D eigenvalue weighted by Gasteiger charge is -2.22. The minimum absolute atomic E-state index is 0.110. The third kappa shape index (κ3) is 2.56. The van der Waals surface area contributed by atoms with Crippen LogP contribution >= 0.6 is 0 Å². The fourth-order valence-corrected chi connectivity index (χ4v) is 2.64. The molecule has 3 N–H and O–H groups in total. The highest BCUT2D eigenvalue weighted by Gasteiger charge is 2.28. The van der Waals surface area contributed by atoms with Crippen molar-refractivity contribution in [2.75, 3.05) is 6.54 Å². The molecule has 2 heterocycles. The highest BCUT2D eigenvalue weighted by molar-refractivity contribution is 5.94. The van der Waals surface area contributed by atoms with Gasteiger partial charge in [-0.1, -0.05) is 0 Å². The monoisotopic (exact) mass is 289 g/mol. The van der Waals surface area contributed by atoms with Gasteiger partial charge in [0.1, 0.15) is 5.60 Å². The van der Waals surface area contributed by atoms with Crippen LogP contribution in [0.15, 0.2) is 12.4 Å². The number of nitrogens with one attached hydrogen (secondary N) is 2. The van der Waals surface area contributed by atoms with Crippen LogP contribution in [0.25, 0.3) is 0 Å². The van der Waals surface area contributed by atoms with Gasteiger partial charge in [-0.05, 0) is 26.2 Å². The predicted molar refractivity (Wildman–Crippen MR) is 75.7 cm³/mol. The Morgan fingerprint density at radius 1 is 1.57 bits per heavy atom. The Bertz CT molecular complexity index is 671. The van der Waals surface area contributed by atoms with Crippen molar-refractivity contribution in [2.24, 2.45) is 7.05 Å². The molecule has 7 nitrogen and oxygen atoms in total. The second-order valence-electron chi connectivity index (χ2n) is 5.74. The predicted octanol–water partition coefficient (Wildman–Crippen LogP) is 0.269. The summed E-state index contributed by atoms with van der Waals surface area (Å²) >= 11 is 0. The van der Waals surface area contributed by atoms with Crippen molar-refractivity contribution in [3.05, 3.63) is 34.9 Å².